The van der Waals surface area contributed by atoms with E-state index in [2.05, 4.69) is 155 Å². The molecule has 129 heavy (non-hydrogen) atoms. The van der Waals surface area contributed by atoms with E-state index in [4.69, 9.17) is 19.9 Å². The number of aromatic nitrogens is 12. The van der Waals surface area contributed by atoms with Gasteiger partial charge in [-0.3, -0.25) is 19.2 Å². The lowest BCUT2D eigenvalue weighted by atomic mass is 9.91. The van der Waals surface area contributed by atoms with Crippen LogP contribution in [0.2, 0.25) is 0 Å². The van der Waals surface area contributed by atoms with Gasteiger partial charge in [0.1, 0.15) is 46.5 Å². The van der Waals surface area contributed by atoms with Gasteiger partial charge in [0.25, 0.3) is 0 Å². The topological polar surface area (TPSA) is 379 Å². The van der Waals surface area contributed by atoms with Crippen LogP contribution in [-0.2, 0) is 51.4 Å². The molecule has 4 saturated heterocycles. The average molecular weight is 1760 g/mol. The van der Waals surface area contributed by atoms with Crippen LogP contribution in [0.3, 0.4) is 0 Å². The van der Waals surface area contributed by atoms with E-state index in [1.807, 2.05) is 97.4 Å². The lowest BCUT2D eigenvalue weighted by molar-refractivity contribution is -0.118. The van der Waals surface area contributed by atoms with Crippen LogP contribution in [0, 0.1) is 0 Å². The Labute approximate surface area is 757 Å². The minimum absolute atomic E-state index is 0.0931. The predicted molar refractivity (Wildman–Crippen MR) is 513 cm³/mol. The fraction of sp³-hybridized carbons (Fsp3) is 0.505. The Bertz CT molecular complexity index is 5240. The summed E-state index contributed by atoms with van der Waals surface area (Å²) in [4.78, 5) is 75.7. The fourth-order valence-corrected chi connectivity index (χ4v) is 18.8. The number of hydrogen-bond acceptors (Lipinski definition) is 24. The third kappa shape index (κ3) is 24.3. The molecule has 32 nitrogen and oxygen atoms in total. The van der Waals surface area contributed by atoms with Crippen LogP contribution in [0.5, 0.6) is 0 Å². The molecule has 8 aromatic heterocycles. The van der Waals surface area contributed by atoms with Crippen molar-refractivity contribution in [2.75, 3.05) is 104 Å². The largest absolute Gasteiger partial charge is 0.396 e. The van der Waals surface area contributed by atoms with E-state index >= 15 is 0 Å². The van der Waals surface area contributed by atoms with Crippen molar-refractivity contribution >= 4 is 110 Å². The van der Waals surface area contributed by atoms with Gasteiger partial charge in [0.15, 0.2) is 22.6 Å². The average Bonchev–Trinajstić information content (AvgIpc) is 1.73. The first kappa shape index (κ1) is 94.6. The van der Waals surface area contributed by atoms with Crippen LogP contribution in [0.1, 0.15) is 210 Å². The molecule has 0 bridgehead atoms. The standard InChI is InChI=1S/C25H32N6O2.2C24H36N6O2.C24H30N6O2/c1-3-19-17-27-31-22(26-16-18-8-7-9-20(14-18)28-24(33)4-2)15-23(29-25(19)31)30-12-6-5-10-21(30)11-13-32;3*1-3-17-16-25-30-22(26-18-8-10-19(11-9-18)27-23(32)4-2)15-21(28-24(17)30)29-13-6-5-7-20(29)12-14-31/h4,7-9,14-15,17,21,26,32H,2-3,5-6,10-13,16H2,1H3,(H,28,33);2*4,15-16,18-20,26,31H,2-3,5-14H2,1H3,(H,27,32);4,8-11,15-16,20,26,31H,2-3,5-7,12-14H2,1H3,(H,27,32)/t21-;2*18?,19?,20-;20-/m0000/s1. The summed E-state index contributed by atoms with van der Waals surface area (Å²) in [5.74, 6) is 6.73. The van der Waals surface area contributed by atoms with Gasteiger partial charge in [0.2, 0.25) is 23.6 Å². The zero-order valence-electron chi connectivity index (χ0n) is 75.7. The van der Waals surface area contributed by atoms with Crippen molar-refractivity contribution in [2.45, 2.75) is 262 Å². The first-order valence-electron chi connectivity index (χ1n) is 47.0. The number of benzene rings is 2. The number of carbonyl (C=O) groups excluding carboxylic acids is 4. The summed E-state index contributed by atoms with van der Waals surface area (Å²) in [6.07, 6.45) is 40.6. The maximum Gasteiger partial charge on any atom is 0.247 e. The molecule has 0 radical (unpaired) electrons. The highest BCUT2D eigenvalue weighted by atomic mass is 16.3. The molecule has 0 unspecified atom stereocenters. The Morgan fingerprint density at radius 1 is 0.372 bits per heavy atom. The molecule has 690 valence electrons. The molecule has 10 aromatic rings. The number of amides is 4. The summed E-state index contributed by atoms with van der Waals surface area (Å²) in [6, 6.07) is 25.9. The molecule has 12 heterocycles. The molecule has 4 amide bonds. The minimum atomic E-state index is -0.242. The fourth-order valence-electron chi connectivity index (χ4n) is 18.8. The highest BCUT2D eigenvalue weighted by Crippen LogP contribution is 2.37. The Kier molecular flexibility index (Phi) is 34.3. The highest BCUT2D eigenvalue weighted by molar-refractivity contribution is 5.99. The van der Waals surface area contributed by atoms with Gasteiger partial charge in [-0.25, -0.2) is 19.9 Å². The van der Waals surface area contributed by atoms with Crippen molar-refractivity contribution in [3.8, 4) is 0 Å². The number of rotatable bonds is 33. The van der Waals surface area contributed by atoms with Gasteiger partial charge >= 0.3 is 0 Å². The van der Waals surface area contributed by atoms with Gasteiger partial charge in [-0.15, -0.1) is 0 Å². The zero-order valence-corrected chi connectivity index (χ0v) is 75.7. The molecule has 6 fully saturated rings. The summed E-state index contributed by atoms with van der Waals surface area (Å²) >= 11 is 0. The summed E-state index contributed by atoms with van der Waals surface area (Å²) in [5.41, 5.74) is 11.3. The number of nitrogens with zero attached hydrogens (tertiary/aromatic N) is 16. The maximum atomic E-state index is 11.6. The Hall–Kier alpha value is -12.0. The lowest BCUT2D eigenvalue weighted by Gasteiger charge is -2.37. The SMILES string of the molecule is C=CC(=O)NC1CCC(Nc2cc(N3CCCC[C@H]3CCO)nc3c(CC)cnn23)CC1.C=CC(=O)NC1CCC(Nc2cc(N3CCCC[C@H]3CCO)nc3c(CC)cnn23)CC1.C=CC(=O)Nc1ccc(Nc2cc(N3CCCC[C@H]3CCO)nc3c(CC)cnn23)cc1.C=CC(=O)Nc1cccc(CNc2cc(N3CCCC[C@H]3CCO)nc3c(CC)cnn23)c1. The van der Waals surface area contributed by atoms with Crippen molar-refractivity contribution < 1.29 is 39.6 Å². The minimum Gasteiger partial charge on any atom is -0.396 e. The van der Waals surface area contributed by atoms with Crippen LogP contribution < -0.4 is 62.1 Å². The van der Waals surface area contributed by atoms with Crippen molar-refractivity contribution in [3.63, 3.8) is 0 Å². The molecule has 2 aromatic carbocycles. The van der Waals surface area contributed by atoms with Crippen molar-refractivity contribution in [1.82, 2.24) is 69.0 Å². The molecule has 4 atom stereocenters. The van der Waals surface area contributed by atoms with Crippen LogP contribution in [0.4, 0.5) is 63.6 Å². The number of aliphatic hydroxyl groups is 4. The molecule has 6 aliphatic rings. The van der Waals surface area contributed by atoms with E-state index in [-0.39, 0.29) is 68.2 Å². The van der Waals surface area contributed by atoms with Crippen LogP contribution in [-0.4, -0.2) is 203 Å². The number of hydrogen-bond donors (Lipinski definition) is 12. The quantitative estimate of drug-likeness (QED) is 0.0170. The van der Waals surface area contributed by atoms with Gasteiger partial charge in [-0.2, -0.15) is 38.5 Å². The molecule has 0 spiro atoms. The molecule has 4 aliphatic heterocycles. The number of nitrogens with one attached hydrogen (secondary N) is 8. The molecular weight excluding hydrogens is 1630 g/mol. The number of aliphatic hydroxyl groups excluding tert-OH is 4. The maximum absolute atomic E-state index is 11.6. The number of anilines is 11. The normalized spacial score (nSPS) is 19.9. The van der Waals surface area contributed by atoms with E-state index in [1.165, 1.54) is 50.0 Å². The van der Waals surface area contributed by atoms with Crippen molar-refractivity contribution in [1.29, 1.82) is 0 Å². The van der Waals surface area contributed by atoms with Gasteiger partial charge in [-0.1, -0.05) is 66.1 Å². The second kappa shape index (κ2) is 46.8. The molecule has 2 saturated carbocycles. The zero-order chi connectivity index (χ0) is 90.7. The first-order chi connectivity index (χ1) is 63.0. The third-order valence-corrected chi connectivity index (χ3v) is 25.9. The molecule has 2 aliphatic carbocycles. The van der Waals surface area contributed by atoms with E-state index in [1.54, 1.807) is 0 Å². The van der Waals surface area contributed by atoms with Gasteiger partial charge in [0.05, 0.1) is 24.8 Å². The summed E-state index contributed by atoms with van der Waals surface area (Å²) in [5, 5.41) is 82.6. The predicted octanol–water partition coefficient (Wildman–Crippen LogP) is 13.8. The van der Waals surface area contributed by atoms with Crippen LogP contribution in [0.15, 0.2) is 148 Å². The lowest BCUT2D eigenvalue weighted by Crippen LogP contribution is -2.41. The van der Waals surface area contributed by atoms with Crippen LogP contribution in [0.25, 0.3) is 22.6 Å². The highest BCUT2D eigenvalue weighted by Gasteiger charge is 2.33. The Balaban J connectivity index is 0.000000147. The van der Waals surface area contributed by atoms with Crippen LogP contribution >= 0.6 is 0 Å². The number of aryl methyl sites for hydroxylation is 4. The molecular formula is C97H134N24O8. The smallest absolute Gasteiger partial charge is 0.247 e. The monoisotopic (exact) mass is 1760 g/mol. The van der Waals surface area contributed by atoms with E-state index in [0.717, 1.165) is 289 Å². The molecule has 16 rings (SSSR count). The summed E-state index contributed by atoms with van der Waals surface area (Å²) < 4.78 is 7.55. The second-order valence-corrected chi connectivity index (χ2v) is 34.4. The number of carbonyl (C=O) groups is 4. The van der Waals surface area contributed by atoms with Gasteiger partial charge in [-0.05, 0) is 246 Å². The molecule has 12 N–H and O–H groups in total. The first-order valence-corrected chi connectivity index (χ1v) is 47.0. The van der Waals surface area contributed by atoms with E-state index in [0.29, 0.717) is 42.4 Å². The van der Waals surface area contributed by atoms with Gasteiger partial charge in [0, 0.05) is 171 Å². The summed E-state index contributed by atoms with van der Waals surface area (Å²) in [7, 11) is 0. The Morgan fingerprint density at radius 3 is 1.04 bits per heavy atom. The third-order valence-electron chi connectivity index (χ3n) is 25.9. The number of piperidine rings is 4. The Morgan fingerprint density at radius 2 is 0.690 bits per heavy atom. The van der Waals surface area contributed by atoms with E-state index in [9.17, 15) is 39.6 Å². The van der Waals surface area contributed by atoms with Crippen molar-refractivity contribution in [2.24, 2.45) is 0 Å². The second-order valence-electron chi connectivity index (χ2n) is 34.4. The van der Waals surface area contributed by atoms with Crippen molar-refractivity contribution in [3.05, 3.63) is 176 Å². The molecule has 32 heteroatoms. The van der Waals surface area contributed by atoms with E-state index < -0.39 is 0 Å². The number of fused-ring (bicyclic) bond motifs is 4. The van der Waals surface area contributed by atoms with Gasteiger partial charge < -0.3 is 82.6 Å². The summed E-state index contributed by atoms with van der Waals surface area (Å²) in [6.45, 7) is 27.7.